The number of carbonyl (C=O) groups excluding carboxylic acids is 2. The SMILES string of the molecule is COC(=O)c1cc(OC)ccc1NC(=O)C1CCCNC1. The molecule has 1 unspecified atom stereocenters. The van der Waals surface area contributed by atoms with Crippen LogP contribution in [0.5, 0.6) is 5.75 Å². The van der Waals surface area contributed by atoms with E-state index in [1.807, 2.05) is 0 Å². The van der Waals surface area contributed by atoms with Crippen LogP contribution < -0.4 is 15.4 Å². The Morgan fingerprint density at radius 1 is 1.33 bits per heavy atom. The molecule has 1 atom stereocenters. The molecule has 0 spiro atoms. The first-order chi connectivity index (χ1) is 10.2. The van der Waals surface area contributed by atoms with E-state index in [2.05, 4.69) is 10.6 Å². The van der Waals surface area contributed by atoms with Gasteiger partial charge in [-0.25, -0.2) is 4.79 Å². The second-order valence-corrected chi connectivity index (χ2v) is 4.94. The highest BCUT2D eigenvalue weighted by atomic mass is 16.5. The van der Waals surface area contributed by atoms with Gasteiger partial charge in [0.15, 0.2) is 0 Å². The maximum Gasteiger partial charge on any atom is 0.340 e. The minimum Gasteiger partial charge on any atom is -0.497 e. The molecule has 6 nitrogen and oxygen atoms in total. The third-order valence-corrected chi connectivity index (χ3v) is 3.56. The highest BCUT2D eigenvalue weighted by molar-refractivity contribution is 6.02. The molecule has 0 aliphatic carbocycles. The topological polar surface area (TPSA) is 76.7 Å². The van der Waals surface area contributed by atoms with Gasteiger partial charge in [0.05, 0.1) is 31.4 Å². The van der Waals surface area contributed by atoms with E-state index in [-0.39, 0.29) is 17.4 Å². The summed E-state index contributed by atoms with van der Waals surface area (Å²) in [6, 6.07) is 4.90. The van der Waals surface area contributed by atoms with Crippen LogP contribution >= 0.6 is 0 Å². The van der Waals surface area contributed by atoms with Crippen LogP contribution in [0, 0.1) is 5.92 Å². The van der Waals surface area contributed by atoms with Crippen molar-refractivity contribution in [1.82, 2.24) is 5.32 Å². The number of methoxy groups -OCH3 is 2. The molecular weight excluding hydrogens is 272 g/mol. The molecule has 0 radical (unpaired) electrons. The van der Waals surface area contributed by atoms with E-state index in [0.29, 0.717) is 18.0 Å². The number of carbonyl (C=O) groups is 2. The molecule has 1 heterocycles. The zero-order valence-corrected chi connectivity index (χ0v) is 12.3. The van der Waals surface area contributed by atoms with Gasteiger partial charge >= 0.3 is 5.97 Å². The Bertz CT molecular complexity index is 524. The molecule has 6 heteroatoms. The number of ether oxygens (including phenoxy) is 2. The lowest BCUT2D eigenvalue weighted by molar-refractivity contribution is -0.120. The predicted octanol–water partition coefficient (Wildman–Crippen LogP) is 1.42. The number of esters is 1. The second kappa shape index (κ2) is 7.08. The normalized spacial score (nSPS) is 17.9. The lowest BCUT2D eigenvalue weighted by Gasteiger charge is -2.22. The largest absolute Gasteiger partial charge is 0.497 e. The van der Waals surface area contributed by atoms with Gasteiger partial charge in [0, 0.05) is 6.54 Å². The quantitative estimate of drug-likeness (QED) is 0.821. The lowest BCUT2D eigenvalue weighted by atomic mass is 9.98. The first-order valence-corrected chi connectivity index (χ1v) is 6.93. The van der Waals surface area contributed by atoms with Gasteiger partial charge in [0.2, 0.25) is 5.91 Å². The van der Waals surface area contributed by atoms with Crippen molar-refractivity contribution in [3.63, 3.8) is 0 Å². The van der Waals surface area contributed by atoms with E-state index >= 15 is 0 Å². The van der Waals surface area contributed by atoms with Crippen LogP contribution in [0.25, 0.3) is 0 Å². The fraction of sp³-hybridized carbons (Fsp3) is 0.467. The maximum absolute atomic E-state index is 12.3. The Labute approximate surface area is 123 Å². The summed E-state index contributed by atoms with van der Waals surface area (Å²) in [5, 5.41) is 6.01. The van der Waals surface area contributed by atoms with Gasteiger partial charge < -0.3 is 20.1 Å². The van der Waals surface area contributed by atoms with E-state index in [4.69, 9.17) is 9.47 Å². The lowest BCUT2D eigenvalue weighted by Crippen LogP contribution is -2.37. The minimum absolute atomic E-state index is 0.0775. The number of anilines is 1. The second-order valence-electron chi connectivity index (χ2n) is 4.94. The van der Waals surface area contributed by atoms with Crippen molar-refractivity contribution in [1.29, 1.82) is 0 Å². The van der Waals surface area contributed by atoms with Gasteiger partial charge in [-0.3, -0.25) is 4.79 Å². The van der Waals surface area contributed by atoms with E-state index in [9.17, 15) is 9.59 Å². The van der Waals surface area contributed by atoms with Crippen molar-refractivity contribution in [2.45, 2.75) is 12.8 Å². The summed E-state index contributed by atoms with van der Waals surface area (Å²) in [4.78, 5) is 24.1. The molecule has 1 amide bonds. The van der Waals surface area contributed by atoms with Gasteiger partial charge in [-0.15, -0.1) is 0 Å². The van der Waals surface area contributed by atoms with Crippen molar-refractivity contribution in [2.75, 3.05) is 32.6 Å². The molecule has 1 aliphatic heterocycles. The van der Waals surface area contributed by atoms with Gasteiger partial charge in [-0.1, -0.05) is 0 Å². The summed E-state index contributed by atoms with van der Waals surface area (Å²) in [5.41, 5.74) is 0.729. The highest BCUT2D eigenvalue weighted by Gasteiger charge is 2.23. The molecule has 0 bridgehead atoms. The molecule has 114 valence electrons. The average molecular weight is 292 g/mol. The monoisotopic (exact) mass is 292 g/mol. The van der Waals surface area contributed by atoms with Crippen LogP contribution in [0.4, 0.5) is 5.69 Å². The Kier molecular flexibility index (Phi) is 5.16. The summed E-state index contributed by atoms with van der Waals surface area (Å²) in [7, 11) is 2.82. The molecule has 1 saturated heterocycles. The van der Waals surface area contributed by atoms with Crippen LogP contribution in [0.1, 0.15) is 23.2 Å². The van der Waals surface area contributed by atoms with Crippen LogP contribution in [0.2, 0.25) is 0 Å². The fourth-order valence-corrected chi connectivity index (χ4v) is 2.35. The number of nitrogens with one attached hydrogen (secondary N) is 2. The van der Waals surface area contributed by atoms with Crippen molar-refractivity contribution < 1.29 is 19.1 Å². The molecule has 21 heavy (non-hydrogen) atoms. The molecular formula is C15H20N2O4. The summed E-state index contributed by atoms with van der Waals surface area (Å²) < 4.78 is 9.84. The Hall–Kier alpha value is -2.08. The Morgan fingerprint density at radius 2 is 2.14 bits per heavy atom. The molecule has 1 fully saturated rings. The van der Waals surface area contributed by atoms with Crippen LogP contribution in [-0.4, -0.2) is 39.2 Å². The third-order valence-electron chi connectivity index (χ3n) is 3.56. The molecule has 1 aromatic rings. The van der Waals surface area contributed by atoms with Crippen LogP contribution in [0.3, 0.4) is 0 Å². The fourth-order valence-electron chi connectivity index (χ4n) is 2.35. The van der Waals surface area contributed by atoms with Crippen molar-refractivity contribution >= 4 is 17.6 Å². The minimum atomic E-state index is -0.508. The predicted molar refractivity (Wildman–Crippen MR) is 78.6 cm³/mol. The van der Waals surface area contributed by atoms with Crippen LogP contribution in [-0.2, 0) is 9.53 Å². The smallest absolute Gasteiger partial charge is 0.340 e. The van der Waals surface area contributed by atoms with E-state index in [1.54, 1.807) is 18.2 Å². The average Bonchev–Trinajstić information content (AvgIpc) is 2.55. The van der Waals surface area contributed by atoms with Gasteiger partial charge in [-0.05, 0) is 37.6 Å². The number of hydrogen-bond acceptors (Lipinski definition) is 5. The Morgan fingerprint density at radius 3 is 2.76 bits per heavy atom. The van der Waals surface area contributed by atoms with Crippen molar-refractivity contribution in [2.24, 2.45) is 5.92 Å². The van der Waals surface area contributed by atoms with Gasteiger partial charge in [-0.2, -0.15) is 0 Å². The number of benzene rings is 1. The molecule has 1 aliphatic rings. The zero-order chi connectivity index (χ0) is 15.2. The molecule has 2 N–H and O–H groups in total. The summed E-state index contributed by atoms with van der Waals surface area (Å²) in [6.07, 6.45) is 1.83. The number of hydrogen-bond donors (Lipinski definition) is 2. The first kappa shape index (κ1) is 15.3. The van der Waals surface area contributed by atoms with E-state index < -0.39 is 5.97 Å². The number of rotatable bonds is 4. The highest BCUT2D eigenvalue weighted by Crippen LogP contribution is 2.24. The van der Waals surface area contributed by atoms with Gasteiger partial charge in [0.25, 0.3) is 0 Å². The third kappa shape index (κ3) is 3.72. The van der Waals surface area contributed by atoms with Crippen molar-refractivity contribution in [3.05, 3.63) is 23.8 Å². The molecule has 0 aromatic heterocycles. The summed E-state index contributed by atoms with van der Waals surface area (Å²) in [6.45, 7) is 1.61. The van der Waals surface area contributed by atoms with E-state index in [1.165, 1.54) is 14.2 Å². The first-order valence-electron chi connectivity index (χ1n) is 6.93. The van der Waals surface area contributed by atoms with Gasteiger partial charge in [0.1, 0.15) is 5.75 Å². The number of piperidine rings is 1. The summed E-state index contributed by atoms with van der Waals surface area (Å²) in [5.74, 6) is -0.137. The zero-order valence-electron chi connectivity index (χ0n) is 12.3. The number of amides is 1. The summed E-state index contributed by atoms with van der Waals surface area (Å²) >= 11 is 0. The van der Waals surface area contributed by atoms with Crippen LogP contribution in [0.15, 0.2) is 18.2 Å². The Balaban J connectivity index is 2.18. The van der Waals surface area contributed by atoms with E-state index in [0.717, 1.165) is 19.4 Å². The molecule has 0 saturated carbocycles. The molecule has 1 aromatic carbocycles. The molecule has 2 rings (SSSR count). The standard InChI is InChI=1S/C15H20N2O4/c1-20-11-5-6-13(12(8-11)15(19)21-2)17-14(18)10-4-3-7-16-9-10/h5-6,8,10,16H,3-4,7,9H2,1-2H3,(H,17,18). The van der Waals surface area contributed by atoms with Crippen molar-refractivity contribution in [3.8, 4) is 5.75 Å². The maximum atomic E-state index is 12.3.